The number of amides is 1. The standard InChI is InChI=1S/C20H23ClN4O3/c1-14(20(26)23-19-10-9-17(25(27)28)13-18(19)21)22-15-5-7-16(8-6-15)24-11-3-2-4-12-24/h5-10,13-14,22H,2-4,11-12H2,1H3,(H,23,26)/t14-/m1/s1. The van der Waals surface area contributed by atoms with Gasteiger partial charge in [-0.15, -0.1) is 0 Å². The van der Waals surface area contributed by atoms with Crippen molar-refractivity contribution in [2.75, 3.05) is 28.6 Å². The van der Waals surface area contributed by atoms with E-state index in [4.69, 9.17) is 11.6 Å². The van der Waals surface area contributed by atoms with Crippen LogP contribution in [0, 0.1) is 10.1 Å². The van der Waals surface area contributed by atoms with E-state index >= 15 is 0 Å². The summed E-state index contributed by atoms with van der Waals surface area (Å²) >= 11 is 6.03. The van der Waals surface area contributed by atoms with Gasteiger partial charge in [-0.3, -0.25) is 14.9 Å². The molecular weight excluding hydrogens is 380 g/mol. The van der Waals surface area contributed by atoms with E-state index in [-0.39, 0.29) is 16.6 Å². The first-order chi connectivity index (χ1) is 13.4. The van der Waals surface area contributed by atoms with E-state index in [0.29, 0.717) is 5.69 Å². The molecule has 7 nitrogen and oxygen atoms in total. The second-order valence-corrected chi connectivity index (χ2v) is 7.28. The Bertz CT molecular complexity index is 851. The summed E-state index contributed by atoms with van der Waals surface area (Å²) in [5, 5.41) is 16.7. The Kier molecular flexibility index (Phi) is 6.36. The highest BCUT2D eigenvalue weighted by molar-refractivity contribution is 6.34. The number of nitrogens with one attached hydrogen (secondary N) is 2. The van der Waals surface area contributed by atoms with E-state index in [1.54, 1.807) is 6.92 Å². The van der Waals surface area contributed by atoms with Gasteiger partial charge in [0.2, 0.25) is 5.91 Å². The molecule has 0 aromatic heterocycles. The first-order valence-electron chi connectivity index (χ1n) is 9.30. The molecule has 1 amide bonds. The van der Waals surface area contributed by atoms with Crippen LogP contribution in [0.15, 0.2) is 42.5 Å². The van der Waals surface area contributed by atoms with Gasteiger partial charge in [0, 0.05) is 36.6 Å². The third kappa shape index (κ3) is 4.92. The van der Waals surface area contributed by atoms with Crippen molar-refractivity contribution < 1.29 is 9.72 Å². The Morgan fingerprint density at radius 1 is 1.14 bits per heavy atom. The smallest absolute Gasteiger partial charge is 0.271 e. The number of nitro groups is 1. The molecule has 2 N–H and O–H groups in total. The number of piperidine rings is 1. The molecule has 1 saturated heterocycles. The average Bonchev–Trinajstić information content (AvgIpc) is 2.70. The fraction of sp³-hybridized carbons (Fsp3) is 0.350. The highest BCUT2D eigenvalue weighted by atomic mass is 35.5. The van der Waals surface area contributed by atoms with E-state index in [9.17, 15) is 14.9 Å². The van der Waals surface area contributed by atoms with Crippen molar-refractivity contribution in [3.63, 3.8) is 0 Å². The molecular formula is C20H23ClN4O3. The number of hydrogen-bond donors (Lipinski definition) is 2. The largest absolute Gasteiger partial charge is 0.374 e. The van der Waals surface area contributed by atoms with E-state index in [2.05, 4.69) is 27.7 Å². The van der Waals surface area contributed by atoms with Gasteiger partial charge in [-0.05, 0) is 56.5 Å². The number of non-ortho nitro benzene ring substituents is 1. The highest BCUT2D eigenvalue weighted by Crippen LogP contribution is 2.27. The van der Waals surface area contributed by atoms with Gasteiger partial charge >= 0.3 is 0 Å². The van der Waals surface area contributed by atoms with Crippen LogP contribution in [0.1, 0.15) is 26.2 Å². The van der Waals surface area contributed by atoms with Crippen molar-refractivity contribution in [2.24, 2.45) is 0 Å². The molecule has 0 spiro atoms. The molecule has 3 rings (SSSR count). The fourth-order valence-electron chi connectivity index (χ4n) is 3.20. The van der Waals surface area contributed by atoms with Crippen molar-refractivity contribution in [1.82, 2.24) is 0 Å². The van der Waals surface area contributed by atoms with Crippen LogP contribution in [0.25, 0.3) is 0 Å². The summed E-state index contributed by atoms with van der Waals surface area (Å²) in [5.74, 6) is -0.282. The summed E-state index contributed by atoms with van der Waals surface area (Å²) in [6.45, 7) is 3.91. The lowest BCUT2D eigenvalue weighted by Gasteiger charge is -2.29. The minimum atomic E-state index is -0.533. The lowest BCUT2D eigenvalue weighted by atomic mass is 10.1. The van der Waals surface area contributed by atoms with Gasteiger partial charge < -0.3 is 15.5 Å². The number of hydrogen-bond acceptors (Lipinski definition) is 5. The maximum atomic E-state index is 12.4. The Morgan fingerprint density at radius 3 is 2.43 bits per heavy atom. The van der Waals surface area contributed by atoms with Gasteiger partial charge in [0.25, 0.3) is 5.69 Å². The first kappa shape index (κ1) is 19.9. The summed E-state index contributed by atoms with van der Waals surface area (Å²) in [5.41, 5.74) is 2.26. The normalized spacial score (nSPS) is 15.0. The van der Waals surface area contributed by atoms with Gasteiger partial charge in [0.15, 0.2) is 0 Å². The minimum absolute atomic E-state index is 0.122. The highest BCUT2D eigenvalue weighted by Gasteiger charge is 2.17. The van der Waals surface area contributed by atoms with Crippen LogP contribution in [0.2, 0.25) is 5.02 Å². The zero-order valence-corrected chi connectivity index (χ0v) is 16.4. The Hall–Kier alpha value is -2.80. The van der Waals surface area contributed by atoms with Crippen LogP contribution in [0.4, 0.5) is 22.7 Å². The minimum Gasteiger partial charge on any atom is -0.374 e. The number of nitrogens with zero attached hydrogens (tertiary/aromatic N) is 2. The van der Waals surface area contributed by atoms with E-state index in [0.717, 1.165) is 18.8 Å². The molecule has 1 heterocycles. The summed E-state index contributed by atoms with van der Waals surface area (Å²) in [6.07, 6.45) is 3.74. The van der Waals surface area contributed by atoms with Crippen LogP contribution in [0.3, 0.4) is 0 Å². The van der Waals surface area contributed by atoms with Crippen molar-refractivity contribution >= 4 is 40.3 Å². The molecule has 1 aliphatic heterocycles. The van der Waals surface area contributed by atoms with Crippen LogP contribution < -0.4 is 15.5 Å². The number of nitro benzene ring substituents is 1. The van der Waals surface area contributed by atoms with Crippen molar-refractivity contribution in [3.05, 3.63) is 57.6 Å². The molecule has 148 valence electrons. The molecule has 1 aliphatic rings. The van der Waals surface area contributed by atoms with Gasteiger partial charge in [0.05, 0.1) is 15.6 Å². The number of carbonyl (C=O) groups is 1. The molecule has 0 radical (unpaired) electrons. The maximum absolute atomic E-state index is 12.4. The topological polar surface area (TPSA) is 87.5 Å². The molecule has 2 aromatic rings. The third-order valence-electron chi connectivity index (χ3n) is 4.79. The van der Waals surface area contributed by atoms with Crippen LogP contribution >= 0.6 is 11.6 Å². The lowest BCUT2D eigenvalue weighted by Crippen LogP contribution is -2.32. The molecule has 0 saturated carbocycles. The Labute approximate surface area is 168 Å². The Morgan fingerprint density at radius 2 is 1.82 bits per heavy atom. The number of rotatable bonds is 6. The van der Waals surface area contributed by atoms with E-state index in [1.807, 2.05) is 12.1 Å². The Balaban J connectivity index is 1.58. The van der Waals surface area contributed by atoms with E-state index < -0.39 is 11.0 Å². The van der Waals surface area contributed by atoms with Gasteiger partial charge in [-0.25, -0.2) is 0 Å². The molecule has 8 heteroatoms. The summed E-state index contributed by atoms with van der Waals surface area (Å²) in [7, 11) is 0. The maximum Gasteiger partial charge on any atom is 0.271 e. The molecule has 2 aromatic carbocycles. The first-order valence-corrected chi connectivity index (χ1v) is 9.68. The number of carbonyl (C=O) groups excluding carboxylic acids is 1. The lowest BCUT2D eigenvalue weighted by molar-refractivity contribution is -0.384. The van der Waals surface area contributed by atoms with Crippen LogP contribution in [-0.4, -0.2) is 30.0 Å². The van der Waals surface area contributed by atoms with Crippen molar-refractivity contribution in [3.8, 4) is 0 Å². The third-order valence-corrected chi connectivity index (χ3v) is 5.10. The second kappa shape index (κ2) is 8.93. The fourth-order valence-corrected chi connectivity index (χ4v) is 3.42. The van der Waals surface area contributed by atoms with E-state index in [1.165, 1.54) is 43.1 Å². The van der Waals surface area contributed by atoms with Crippen molar-refractivity contribution in [2.45, 2.75) is 32.2 Å². The molecule has 0 aliphatic carbocycles. The summed E-state index contributed by atoms with van der Waals surface area (Å²) in [4.78, 5) is 25.0. The van der Waals surface area contributed by atoms with Gasteiger partial charge in [-0.2, -0.15) is 0 Å². The summed E-state index contributed by atoms with van der Waals surface area (Å²) < 4.78 is 0. The molecule has 0 unspecified atom stereocenters. The zero-order valence-electron chi connectivity index (χ0n) is 15.7. The van der Waals surface area contributed by atoms with Crippen molar-refractivity contribution in [1.29, 1.82) is 0 Å². The number of halogens is 1. The van der Waals surface area contributed by atoms with Crippen LogP contribution in [-0.2, 0) is 4.79 Å². The predicted molar refractivity (Wildman–Crippen MR) is 112 cm³/mol. The molecule has 28 heavy (non-hydrogen) atoms. The molecule has 1 fully saturated rings. The second-order valence-electron chi connectivity index (χ2n) is 6.87. The monoisotopic (exact) mass is 402 g/mol. The zero-order chi connectivity index (χ0) is 20.1. The van der Waals surface area contributed by atoms with Gasteiger partial charge in [0.1, 0.15) is 6.04 Å². The number of benzene rings is 2. The predicted octanol–water partition coefficient (Wildman–Crippen LogP) is 4.68. The summed E-state index contributed by atoms with van der Waals surface area (Å²) in [6, 6.07) is 11.5. The average molecular weight is 403 g/mol. The quantitative estimate of drug-likeness (QED) is 0.541. The number of anilines is 3. The molecule has 0 bridgehead atoms. The van der Waals surface area contributed by atoms with Gasteiger partial charge in [-0.1, -0.05) is 11.6 Å². The SMILES string of the molecule is C[C@@H](Nc1ccc(N2CCCCC2)cc1)C(=O)Nc1ccc([N+](=O)[O-])cc1Cl. The molecule has 1 atom stereocenters. The van der Waals surface area contributed by atoms with Crippen LogP contribution in [0.5, 0.6) is 0 Å².